The van der Waals surface area contributed by atoms with Crippen LogP contribution in [0.4, 0.5) is 4.79 Å². The van der Waals surface area contributed by atoms with Gasteiger partial charge in [0.05, 0.1) is 0 Å². The maximum Gasteiger partial charge on any atom is 0.410 e. The lowest BCUT2D eigenvalue weighted by molar-refractivity contribution is -0.109. The van der Waals surface area contributed by atoms with Gasteiger partial charge >= 0.3 is 6.09 Å². The van der Waals surface area contributed by atoms with Gasteiger partial charge in [-0.2, -0.15) is 0 Å². The number of rotatable bonds is 12. The molecule has 0 atom stereocenters. The van der Waals surface area contributed by atoms with Gasteiger partial charge in [-0.05, 0) is 40.0 Å². The number of hydrogen-bond donors (Lipinski definition) is 1. The molecule has 0 aromatic heterocycles. The summed E-state index contributed by atoms with van der Waals surface area (Å²) in [6, 6.07) is 0. The van der Waals surface area contributed by atoms with Crippen molar-refractivity contribution in [3.63, 3.8) is 0 Å². The Labute approximate surface area is 167 Å². The van der Waals surface area contributed by atoms with Crippen LogP contribution in [0.3, 0.4) is 0 Å². The fourth-order valence-electron chi connectivity index (χ4n) is 3.00. The molecule has 5 heteroatoms. The number of nitrogens with one attached hydrogen (secondary N) is 1. The SMILES string of the molecule is CC(C)(C)OC(=O)N1CCCC1.CCCCCCCCCCCCNC=O. The van der Waals surface area contributed by atoms with E-state index in [4.69, 9.17) is 4.74 Å². The molecule has 0 aromatic carbocycles. The average Bonchev–Trinajstić information content (AvgIpc) is 3.14. The molecule has 2 amide bonds. The molecule has 0 radical (unpaired) electrons. The monoisotopic (exact) mass is 384 g/mol. The van der Waals surface area contributed by atoms with E-state index < -0.39 is 0 Å². The van der Waals surface area contributed by atoms with Crippen LogP contribution in [-0.2, 0) is 9.53 Å². The summed E-state index contributed by atoms with van der Waals surface area (Å²) in [6.07, 6.45) is 16.3. The lowest BCUT2D eigenvalue weighted by Crippen LogP contribution is -2.34. The summed E-state index contributed by atoms with van der Waals surface area (Å²) in [6.45, 7) is 10.5. The third-order valence-electron chi connectivity index (χ3n) is 4.52. The Balaban J connectivity index is 0.000000511. The van der Waals surface area contributed by atoms with Gasteiger partial charge in [0.15, 0.2) is 0 Å². The van der Waals surface area contributed by atoms with Gasteiger partial charge in [-0.25, -0.2) is 4.79 Å². The van der Waals surface area contributed by atoms with E-state index in [1.54, 1.807) is 4.90 Å². The van der Waals surface area contributed by atoms with Gasteiger partial charge in [0, 0.05) is 19.6 Å². The molecular formula is C22H44N2O3. The minimum atomic E-state index is -0.361. The van der Waals surface area contributed by atoms with Crippen molar-refractivity contribution in [1.29, 1.82) is 0 Å². The summed E-state index contributed by atoms with van der Waals surface area (Å²) >= 11 is 0. The Kier molecular flexibility index (Phi) is 16.1. The summed E-state index contributed by atoms with van der Waals surface area (Å²) in [4.78, 5) is 23.1. The molecule has 1 rings (SSSR count). The largest absolute Gasteiger partial charge is 0.444 e. The quantitative estimate of drug-likeness (QED) is 0.348. The van der Waals surface area contributed by atoms with Gasteiger partial charge in [-0.15, -0.1) is 0 Å². The molecule has 1 fully saturated rings. The first-order chi connectivity index (χ1) is 12.9. The van der Waals surface area contributed by atoms with Crippen LogP contribution in [0.15, 0.2) is 0 Å². The highest BCUT2D eigenvalue weighted by Crippen LogP contribution is 2.14. The number of likely N-dealkylation sites (tertiary alicyclic amines) is 1. The van der Waals surface area contributed by atoms with Crippen molar-refractivity contribution >= 4 is 12.5 Å². The molecule has 0 aromatic rings. The lowest BCUT2D eigenvalue weighted by Gasteiger charge is -2.23. The lowest BCUT2D eigenvalue weighted by atomic mass is 10.1. The average molecular weight is 385 g/mol. The standard InChI is InChI=1S/C13H27NO.C9H17NO2/c1-2-3-4-5-6-7-8-9-10-11-12-14-13-15;1-9(2,3)12-8(11)10-6-4-5-7-10/h13H,2-12H2,1H3,(H,14,15);4-7H2,1-3H3. The number of hydrogen-bond acceptors (Lipinski definition) is 3. The Morgan fingerprint density at radius 3 is 1.85 bits per heavy atom. The van der Waals surface area contributed by atoms with E-state index in [1.165, 1.54) is 57.8 Å². The van der Waals surface area contributed by atoms with Gasteiger partial charge in [0.25, 0.3) is 0 Å². The summed E-state index contributed by atoms with van der Waals surface area (Å²) in [5.74, 6) is 0. The highest BCUT2D eigenvalue weighted by Gasteiger charge is 2.23. The zero-order valence-electron chi connectivity index (χ0n) is 18.4. The summed E-state index contributed by atoms with van der Waals surface area (Å²) in [7, 11) is 0. The number of unbranched alkanes of at least 4 members (excludes halogenated alkanes) is 9. The Hall–Kier alpha value is -1.26. The molecule has 27 heavy (non-hydrogen) atoms. The molecule has 1 aliphatic heterocycles. The third-order valence-corrected chi connectivity index (χ3v) is 4.52. The molecule has 1 heterocycles. The zero-order chi connectivity index (χ0) is 20.4. The van der Waals surface area contributed by atoms with Crippen molar-refractivity contribution in [2.45, 2.75) is 110 Å². The number of nitrogens with zero attached hydrogens (tertiary/aromatic N) is 1. The fourth-order valence-corrected chi connectivity index (χ4v) is 3.00. The van der Waals surface area contributed by atoms with E-state index in [9.17, 15) is 9.59 Å². The van der Waals surface area contributed by atoms with Crippen LogP contribution >= 0.6 is 0 Å². The highest BCUT2D eigenvalue weighted by molar-refractivity contribution is 5.68. The number of amides is 2. The molecule has 1 aliphatic rings. The molecule has 0 spiro atoms. The van der Waals surface area contributed by atoms with Gasteiger partial charge in [-0.1, -0.05) is 64.7 Å². The smallest absolute Gasteiger partial charge is 0.410 e. The van der Waals surface area contributed by atoms with E-state index in [0.717, 1.165) is 45.3 Å². The van der Waals surface area contributed by atoms with E-state index in [-0.39, 0.29) is 11.7 Å². The van der Waals surface area contributed by atoms with Crippen molar-refractivity contribution in [3.05, 3.63) is 0 Å². The minimum Gasteiger partial charge on any atom is -0.444 e. The van der Waals surface area contributed by atoms with Gasteiger partial charge in [0.2, 0.25) is 6.41 Å². The molecular weight excluding hydrogens is 340 g/mol. The Morgan fingerprint density at radius 2 is 1.41 bits per heavy atom. The number of carbonyl (C=O) groups excluding carboxylic acids is 2. The van der Waals surface area contributed by atoms with Crippen LogP contribution in [0.5, 0.6) is 0 Å². The second-order valence-electron chi connectivity index (χ2n) is 8.43. The van der Waals surface area contributed by atoms with Gasteiger partial charge in [0.1, 0.15) is 5.60 Å². The predicted octanol–water partition coefficient (Wildman–Crippen LogP) is 5.67. The zero-order valence-corrected chi connectivity index (χ0v) is 18.4. The fraction of sp³-hybridized carbons (Fsp3) is 0.909. The topological polar surface area (TPSA) is 58.6 Å². The minimum absolute atomic E-state index is 0.167. The van der Waals surface area contributed by atoms with Crippen LogP contribution < -0.4 is 5.32 Å². The van der Waals surface area contributed by atoms with Crippen LogP contribution in [0, 0.1) is 0 Å². The maximum absolute atomic E-state index is 11.4. The van der Waals surface area contributed by atoms with Crippen molar-refractivity contribution in [2.24, 2.45) is 0 Å². The van der Waals surface area contributed by atoms with E-state index >= 15 is 0 Å². The van der Waals surface area contributed by atoms with Gasteiger partial charge < -0.3 is 15.0 Å². The normalized spacial score (nSPS) is 13.7. The Bertz CT molecular complexity index is 361. The van der Waals surface area contributed by atoms with Crippen molar-refractivity contribution in [2.75, 3.05) is 19.6 Å². The number of carbonyl (C=O) groups is 2. The van der Waals surface area contributed by atoms with Crippen LogP contribution in [-0.4, -0.2) is 42.6 Å². The second-order valence-corrected chi connectivity index (χ2v) is 8.43. The van der Waals surface area contributed by atoms with Crippen molar-refractivity contribution < 1.29 is 14.3 Å². The van der Waals surface area contributed by atoms with Crippen LogP contribution in [0.1, 0.15) is 105 Å². The third kappa shape index (κ3) is 17.9. The summed E-state index contributed by atoms with van der Waals surface area (Å²) in [5.41, 5.74) is -0.361. The summed E-state index contributed by atoms with van der Waals surface area (Å²) in [5, 5.41) is 2.69. The first-order valence-corrected chi connectivity index (χ1v) is 11.1. The molecule has 0 aliphatic carbocycles. The molecule has 1 saturated heterocycles. The van der Waals surface area contributed by atoms with Crippen molar-refractivity contribution in [3.8, 4) is 0 Å². The highest BCUT2D eigenvalue weighted by atomic mass is 16.6. The molecule has 1 N–H and O–H groups in total. The molecule has 0 saturated carbocycles. The molecule has 5 nitrogen and oxygen atoms in total. The molecule has 0 bridgehead atoms. The number of ether oxygens (including phenoxy) is 1. The summed E-state index contributed by atoms with van der Waals surface area (Å²) < 4.78 is 5.21. The van der Waals surface area contributed by atoms with Crippen molar-refractivity contribution in [1.82, 2.24) is 10.2 Å². The van der Waals surface area contributed by atoms with E-state index in [0.29, 0.717) is 0 Å². The van der Waals surface area contributed by atoms with Crippen LogP contribution in [0.25, 0.3) is 0 Å². The predicted molar refractivity (Wildman–Crippen MR) is 113 cm³/mol. The second kappa shape index (κ2) is 16.9. The van der Waals surface area contributed by atoms with Gasteiger partial charge in [-0.3, -0.25) is 4.79 Å². The Morgan fingerprint density at radius 1 is 0.926 bits per heavy atom. The first-order valence-electron chi connectivity index (χ1n) is 11.1. The van der Waals surface area contributed by atoms with Crippen LogP contribution in [0.2, 0.25) is 0 Å². The molecule has 160 valence electrons. The first kappa shape index (κ1) is 25.7. The molecule has 0 unspecified atom stereocenters. The maximum atomic E-state index is 11.4. The van der Waals surface area contributed by atoms with E-state index in [1.807, 2.05) is 20.8 Å². The van der Waals surface area contributed by atoms with E-state index in [2.05, 4.69) is 12.2 Å².